The molecule has 0 N–H and O–H groups in total. The fourth-order valence-electron chi connectivity index (χ4n) is 1.89. The molecule has 0 radical (unpaired) electrons. The van der Waals surface area contributed by atoms with Crippen LogP contribution < -0.4 is 0 Å². The van der Waals surface area contributed by atoms with Crippen molar-refractivity contribution in [1.82, 2.24) is 14.8 Å². The second-order valence-corrected chi connectivity index (χ2v) is 4.11. The van der Waals surface area contributed by atoms with E-state index < -0.39 is 17.5 Å². The molecule has 1 aromatic heterocycles. The summed E-state index contributed by atoms with van der Waals surface area (Å²) in [7, 11) is 0. The van der Waals surface area contributed by atoms with Gasteiger partial charge in [0.05, 0.1) is 0 Å². The number of hydrogen-bond donors (Lipinski definition) is 0. The first-order valence-electron chi connectivity index (χ1n) is 5.77. The molecule has 3 nitrogen and oxygen atoms in total. The molecule has 0 atom stereocenters. The van der Waals surface area contributed by atoms with Gasteiger partial charge in [0, 0.05) is 11.3 Å². The summed E-state index contributed by atoms with van der Waals surface area (Å²) in [5.74, 6) is -3.79. The molecule has 0 aliphatic rings. The van der Waals surface area contributed by atoms with Crippen molar-refractivity contribution in [2.45, 2.75) is 0 Å². The molecule has 0 aliphatic carbocycles. The van der Waals surface area contributed by atoms with Crippen LogP contribution in [0.5, 0.6) is 0 Å². The maximum Gasteiger partial charge on any atom is 0.194 e. The van der Waals surface area contributed by atoms with Gasteiger partial charge in [0.2, 0.25) is 0 Å². The molecule has 0 bridgehead atoms. The van der Waals surface area contributed by atoms with E-state index in [1.807, 2.05) is 18.2 Å². The van der Waals surface area contributed by atoms with Crippen molar-refractivity contribution >= 4 is 0 Å². The van der Waals surface area contributed by atoms with Crippen molar-refractivity contribution in [2.24, 2.45) is 0 Å². The van der Waals surface area contributed by atoms with Gasteiger partial charge >= 0.3 is 0 Å². The second kappa shape index (κ2) is 4.80. The van der Waals surface area contributed by atoms with Crippen LogP contribution in [0.4, 0.5) is 13.2 Å². The van der Waals surface area contributed by atoms with Crippen LogP contribution in [-0.4, -0.2) is 14.8 Å². The summed E-state index contributed by atoms with van der Waals surface area (Å²) in [5.41, 5.74) is 0.848. The normalized spacial score (nSPS) is 10.8. The summed E-state index contributed by atoms with van der Waals surface area (Å²) in [6.45, 7) is 0. The molecule has 2 aromatic carbocycles. The highest BCUT2D eigenvalue weighted by atomic mass is 19.2. The summed E-state index contributed by atoms with van der Waals surface area (Å²) >= 11 is 0. The molecule has 3 rings (SSSR count). The molecule has 0 fully saturated rings. The largest absolute Gasteiger partial charge is 0.282 e. The third kappa shape index (κ3) is 2.05. The first-order valence-corrected chi connectivity index (χ1v) is 5.77. The lowest BCUT2D eigenvalue weighted by Crippen LogP contribution is -1.98. The predicted octanol–water partition coefficient (Wildman–Crippen LogP) is 3.35. The molecular weight excluding hydrogens is 267 g/mol. The van der Waals surface area contributed by atoms with Crippen LogP contribution in [0, 0.1) is 17.5 Å². The molecule has 1 heterocycles. The Morgan fingerprint density at radius 3 is 2.20 bits per heavy atom. The minimum atomic E-state index is -1.50. The lowest BCUT2D eigenvalue weighted by molar-refractivity contribution is 0.447. The van der Waals surface area contributed by atoms with Crippen LogP contribution in [0.15, 0.2) is 48.8 Å². The number of para-hydroxylation sites is 1. The van der Waals surface area contributed by atoms with Crippen LogP contribution in [0.25, 0.3) is 17.1 Å². The zero-order valence-electron chi connectivity index (χ0n) is 10.1. The van der Waals surface area contributed by atoms with Crippen molar-refractivity contribution in [2.75, 3.05) is 0 Å². The lowest BCUT2D eigenvalue weighted by atomic mass is 10.2. The van der Waals surface area contributed by atoms with Gasteiger partial charge in [0.15, 0.2) is 23.3 Å². The van der Waals surface area contributed by atoms with E-state index in [0.29, 0.717) is 0 Å². The van der Waals surface area contributed by atoms with Crippen molar-refractivity contribution in [3.63, 3.8) is 0 Å². The van der Waals surface area contributed by atoms with Crippen molar-refractivity contribution in [3.8, 4) is 17.1 Å². The number of halogens is 3. The molecule has 3 aromatic rings. The molecule has 100 valence electrons. The number of rotatable bonds is 2. The predicted molar refractivity (Wildman–Crippen MR) is 66.7 cm³/mol. The summed E-state index contributed by atoms with van der Waals surface area (Å²) < 4.78 is 41.1. The summed E-state index contributed by atoms with van der Waals surface area (Å²) in [4.78, 5) is 0. The van der Waals surface area contributed by atoms with Gasteiger partial charge in [0.25, 0.3) is 0 Å². The Morgan fingerprint density at radius 2 is 1.55 bits per heavy atom. The van der Waals surface area contributed by atoms with E-state index in [-0.39, 0.29) is 11.4 Å². The zero-order chi connectivity index (χ0) is 14.1. The average Bonchev–Trinajstić information content (AvgIpc) is 2.94. The quantitative estimate of drug-likeness (QED) is 0.671. The average molecular weight is 275 g/mol. The fourth-order valence-corrected chi connectivity index (χ4v) is 1.89. The Hall–Kier alpha value is -2.63. The standard InChI is InChI=1S/C14H8F3N3/c15-11-6-9(7-12(16)13(11)17)14-19-18-8-20(14)10-4-2-1-3-5-10/h1-8H. The molecule has 0 amide bonds. The highest BCUT2D eigenvalue weighted by Crippen LogP contribution is 2.24. The smallest absolute Gasteiger partial charge is 0.194 e. The Kier molecular flexibility index (Phi) is 2.98. The van der Waals surface area contributed by atoms with Gasteiger partial charge in [-0.2, -0.15) is 0 Å². The number of hydrogen-bond acceptors (Lipinski definition) is 2. The third-order valence-electron chi connectivity index (χ3n) is 2.82. The highest BCUT2D eigenvalue weighted by molar-refractivity contribution is 5.58. The zero-order valence-corrected chi connectivity index (χ0v) is 10.1. The lowest BCUT2D eigenvalue weighted by Gasteiger charge is -2.07. The Labute approximate surface area is 112 Å². The second-order valence-electron chi connectivity index (χ2n) is 4.11. The number of benzene rings is 2. The summed E-state index contributed by atoms with van der Waals surface area (Å²) in [5, 5.41) is 7.56. The highest BCUT2D eigenvalue weighted by Gasteiger charge is 2.15. The molecule has 0 spiro atoms. The van der Waals surface area contributed by atoms with Crippen LogP contribution >= 0.6 is 0 Å². The van der Waals surface area contributed by atoms with E-state index in [1.165, 1.54) is 6.33 Å². The Morgan fingerprint density at radius 1 is 0.900 bits per heavy atom. The van der Waals surface area contributed by atoms with E-state index in [2.05, 4.69) is 10.2 Å². The Bertz CT molecular complexity index is 730. The molecular formula is C14H8F3N3. The maximum atomic E-state index is 13.3. The van der Waals surface area contributed by atoms with Crippen LogP contribution in [0.2, 0.25) is 0 Å². The van der Waals surface area contributed by atoms with Crippen LogP contribution in [-0.2, 0) is 0 Å². The van der Waals surface area contributed by atoms with Gasteiger partial charge in [-0.1, -0.05) is 18.2 Å². The first kappa shape index (κ1) is 12.4. The molecule has 0 unspecified atom stereocenters. The van der Waals surface area contributed by atoms with E-state index in [9.17, 15) is 13.2 Å². The van der Waals surface area contributed by atoms with E-state index in [4.69, 9.17) is 0 Å². The van der Waals surface area contributed by atoms with Gasteiger partial charge in [-0.15, -0.1) is 10.2 Å². The van der Waals surface area contributed by atoms with Crippen LogP contribution in [0.3, 0.4) is 0 Å². The monoisotopic (exact) mass is 275 g/mol. The van der Waals surface area contributed by atoms with Crippen LogP contribution in [0.1, 0.15) is 0 Å². The maximum absolute atomic E-state index is 13.3. The molecule has 0 saturated heterocycles. The molecule has 0 saturated carbocycles. The summed E-state index contributed by atoms with van der Waals surface area (Å²) in [6, 6.07) is 10.8. The topological polar surface area (TPSA) is 30.7 Å². The Balaban J connectivity index is 2.15. The van der Waals surface area contributed by atoms with Crippen molar-refractivity contribution in [1.29, 1.82) is 0 Å². The van der Waals surface area contributed by atoms with Crippen molar-refractivity contribution in [3.05, 3.63) is 66.2 Å². The van der Waals surface area contributed by atoms with Gasteiger partial charge in [0.1, 0.15) is 6.33 Å². The van der Waals surface area contributed by atoms with Gasteiger partial charge in [-0.25, -0.2) is 13.2 Å². The van der Waals surface area contributed by atoms with E-state index in [1.54, 1.807) is 16.7 Å². The molecule has 20 heavy (non-hydrogen) atoms. The van der Waals surface area contributed by atoms with Gasteiger partial charge in [-0.3, -0.25) is 4.57 Å². The first-order chi connectivity index (χ1) is 9.66. The van der Waals surface area contributed by atoms with E-state index >= 15 is 0 Å². The third-order valence-corrected chi connectivity index (χ3v) is 2.82. The fraction of sp³-hybridized carbons (Fsp3) is 0. The summed E-state index contributed by atoms with van der Waals surface area (Å²) in [6.07, 6.45) is 1.42. The van der Waals surface area contributed by atoms with Gasteiger partial charge in [-0.05, 0) is 24.3 Å². The number of nitrogens with zero attached hydrogens (tertiary/aromatic N) is 3. The minimum absolute atomic E-state index is 0.114. The molecule has 6 heteroatoms. The van der Waals surface area contributed by atoms with Crippen molar-refractivity contribution < 1.29 is 13.2 Å². The van der Waals surface area contributed by atoms with Gasteiger partial charge < -0.3 is 0 Å². The number of aromatic nitrogens is 3. The molecule has 0 aliphatic heterocycles. The van der Waals surface area contributed by atoms with E-state index in [0.717, 1.165) is 17.8 Å². The minimum Gasteiger partial charge on any atom is -0.282 e. The SMILES string of the molecule is Fc1cc(-c2nncn2-c2ccccc2)cc(F)c1F.